The van der Waals surface area contributed by atoms with E-state index in [0.717, 1.165) is 24.3 Å². The van der Waals surface area contributed by atoms with Crippen LogP contribution in [0.4, 0.5) is 11.4 Å². The van der Waals surface area contributed by atoms with Crippen molar-refractivity contribution >= 4 is 17.3 Å². The van der Waals surface area contributed by atoms with Gasteiger partial charge in [-0.3, -0.25) is 14.8 Å². The zero-order valence-electron chi connectivity index (χ0n) is 14.2. The quantitative estimate of drug-likeness (QED) is 0.939. The van der Waals surface area contributed by atoms with E-state index in [1.165, 1.54) is 0 Å². The molecule has 1 aliphatic heterocycles. The highest BCUT2D eigenvalue weighted by atomic mass is 16.5. The van der Waals surface area contributed by atoms with Gasteiger partial charge in [-0.25, -0.2) is 0 Å². The minimum absolute atomic E-state index is 0.164. The number of nitrogens with zero attached hydrogens (tertiary/aromatic N) is 3. The summed E-state index contributed by atoms with van der Waals surface area (Å²) in [5, 5.41) is 2.87. The summed E-state index contributed by atoms with van der Waals surface area (Å²) in [4.78, 5) is 23.0. The number of aryl methyl sites for hydroxylation is 1. The molecule has 2 aromatic rings. The summed E-state index contributed by atoms with van der Waals surface area (Å²) in [6.07, 6.45) is 5.34. The smallest absolute Gasteiger partial charge is 0.274 e. The van der Waals surface area contributed by atoms with Gasteiger partial charge in [0, 0.05) is 31.2 Å². The third-order valence-electron chi connectivity index (χ3n) is 4.05. The van der Waals surface area contributed by atoms with Crippen LogP contribution in [0, 0.1) is 6.92 Å². The number of rotatable bonds is 3. The van der Waals surface area contributed by atoms with E-state index in [9.17, 15) is 4.79 Å². The van der Waals surface area contributed by atoms with Crippen LogP contribution in [0.1, 0.15) is 29.9 Å². The molecule has 2 unspecified atom stereocenters. The fourth-order valence-corrected chi connectivity index (χ4v) is 2.91. The topological polar surface area (TPSA) is 67.4 Å². The van der Waals surface area contributed by atoms with E-state index in [0.29, 0.717) is 11.4 Å². The first-order valence-electron chi connectivity index (χ1n) is 8.11. The zero-order valence-corrected chi connectivity index (χ0v) is 14.2. The number of hydrogen-bond acceptors (Lipinski definition) is 5. The third kappa shape index (κ3) is 3.71. The Labute approximate surface area is 141 Å². The van der Waals surface area contributed by atoms with Gasteiger partial charge in [-0.05, 0) is 44.5 Å². The van der Waals surface area contributed by atoms with E-state index in [2.05, 4.69) is 34.0 Å². The molecule has 1 amide bonds. The summed E-state index contributed by atoms with van der Waals surface area (Å²) in [7, 11) is 0. The lowest BCUT2D eigenvalue weighted by molar-refractivity contribution is -0.00522. The summed E-state index contributed by atoms with van der Waals surface area (Å²) in [6, 6.07) is 5.61. The van der Waals surface area contributed by atoms with Crippen LogP contribution in [-0.4, -0.2) is 41.2 Å². The van der Waals surface area contributed by atoms with Gasteiger partial charge in [-0.1, -0.05) is 0 Å². The van der Waals surface area contributed by atoms with Gasteiger partial charge in [-0.2, -0.15) is 0 Å². The van der Waals surface area contributed by atoms with Crippen LogP contribution in [0.5, 0.6) is 0 Å². The molecule has 6 heteroatoms. The predicted octanol–water partition coefficient (Wildman–Crippen LogP) is 2.65. The Balaban J connectivity index is 1.77. The molecule has 3 heterocycles. The van der Waals surface area contributed by atoms with Crippen molar-refractivity contribution in [1.82, 2.24) is 9.97 Å². The van der Waals surface area contributed by atoms with Gasteiger partial charge in [0.25, 0.3) is 5.91 Å². The zero-order chi connectivity index (χ0) is 17.1. The Morgan fingerprint density at radius 2 is 2.00 bits per heavy atom. The predicted molar refractivity (Wildman–Crippen MR) is 93.4 cm³/mol. The van der Waals surface area contributed by atoms with Crippen molar-refractivity contribution in [3.63, 3.8) is 0 Å². The van der Waals surface area contributed by atoms with Gasteiger partial charge in [0.1, 0.15) is 5.69 Å². The van der Waals surface area contributed by atoms with Crippen LogP contribution < -0.4 is 10.2 Å². The number of aromatic nitrogens is 2. The minimum atomic E-state index is -0.234. The molecule has 0 spiro atoms. The van der Waals surface area contributed by atoms with Gasteiger partial charge >= 0.3 is 0 Å². The molecule has 0 aromatic carbocycles. The van der Waals surface area contributed by atoms with Crippen molar-refractivity contribution in [3.05, 3.63) is 48.0 Å². The van der Waals surface area contributed by atoms with Gasteiger partial charge in [0.2, 0.25) is 0 Å². The highest BCUT2D eigenvalue weighted by Crippen LogP contribution is 2.21. The second-order valence-corrected chi connectivity index (χ2v) is 6.21. The molecule has 1 fully saturated rings. The van der Waals surface area contributed by atoms with Gasteiger partial charge in [0.15, 0.2) is 0 Å². The number of carbonyl (C=O) groups excluding carboxylic acids is 1. The van der Waals surface area contributed by atoms with Crippen LogP contribution >= 0.6 is 0 Å². The maximum Gasteiger partial charge on any atom is 0.274 e. The number of pyridine rings is 2. The van der Waals surface area contributed by atoms with Crippen molar-refractivity contribution in [3.8, 4) is 0 Å². The van der Waals surface area contributed by atoms with Crippen molar-refractivity contribution < 1.29 is 9.53 Å². The van der Waals surface area contributed by atoms with Crippen LogP contribution in [0.2, 0.25) is 0 Å². The normalized spacial score (nSPS) is 20.7. The number of ether oxygens (including phenoxy) is 1. The first-order chi connectivity index (χ1) is 11.5. The lowest BCUT2D eigenvalue weighted by atomic mass is 10.2. The van der Waals surface area contributed by atoms with E-state index >= 15 is 0 Å². The van der Waals surface area contributed by atoms with Crippen molar-refractivity contribution in [2.45, 2.75) is 33.0 Å². The Morgan fingerprint density at radius 1 is 1.25 bits per heavy atom. The fraction of sp³-hybridized carbons (Fsp3) is 0.389. The first-order valence-corrected chi connectivity index (χ1v) is 8.11. The average Bonchev–Trinajstić information content (AvgIpc) is 2.56. The van der Waals surface area contributed by atoms with Crippen LogP contribution in [0.25, 0.3) is 0 Å². The number of nitrogens with one attached hydrogen (secondary N) is 1. The molecule has 1 aliphatic rings. The molecule has 0 aliphatic carbocycles. The Kier molecular flexibility index (Phi) is 4.76. The number of morpholine rings is 1. The van der Waals surface area contributed by atoms with Crippen molar-refractivity contribution in [1.29, 1.82) is 0 Å². The monoisotopic (exact) mass is 326 g/mol. The fourth-order valence-electron chi connectivity index (χ4n) is 2.91. The molecule has 3 rings (SSSR count). The molecule has 0 saturated carbocycles. The van der Waals surface area contributed by atoms with Crippen LogP contribution in [-0.2, 0) is 4.74 Å². The van der Waals surface area contributed by atoms with Crippen LogP contribution in [0.3, 0.4) is 0 Å². The number of anilines is 2. The first kappa shape index (κ1) is 16.4. The van der Waals surface area contributed by atoms with Crippen molar-refractivity contribution in [2.75, 3.05) is 23.3 Å². The lowest BCUT2D eigenvalue weighted by Gasteiger charge is -2.36. The molecule has 2 atom stereocenters. The second-order valence-electron chi connectivity index (χ2n) is 6.21. The average molecular weight is 326 g/mol. The maximum absolute atomic E-state index is 12.5. The Bertz CT molecular complexity index is 724. The molecule has 2 aromatic heterocycles. The van der Waals surface area contributed by atoms with E-state index in [4.69, 9.17) is 4.74 Å². The summed E-state index contributed by atoms with van der Waals surface area (Å²) >= 11 is 0. The molecule has 126 valence electrons. The van der Waals surface area contributed by atoms with Crippen molar-refractivity contribution in [2.24, 2.45) is 0 Å². The summed E-state index contributed by atoms with van der Waals surface area (Å²) in [5.41, 5.74) is 3.04. The maximum atomic E-state index is 12.5. The number of hydrogen-bond donors (Lipinski definition) is 1. The van der Waals surface area contributed by atoms with Gasteiger partial charge in [-0.15, -0.1) is 0 Å². The number of carbonyl (C=O) groups is 1. The van der Waals surface area contributed by atoms with E-state index in [1.807, 2.05) is 25.1 Å². The molecule has 0 bridgehead atoms. The summed E-state index contributed by atoms with van der Waals surface area (Å²) < 4.78 is 5.76. The molecular weight excluding hydrogens is 304 g/mol. The SMILES string of the molecule is Cc1ccncc1NC(=O)c1cc(N2CC(C)OC(C)C2)ccn1. The van der Waals surface area contributed by atoms with E-state index in [-0.39, 0.29) is 18.1 Å². The Hall–Kier alpha value is -2.47. The second kappa shape index (κ2) is 6.97. The van der Waals surface area contributed by atoms with E-state index < -0.39 is 0 Å². The van der Waals surface area contributed by atoms with Gasteiger partial charge < -0.3 is 15.0 Å². The largest absolute Gasteiger partial charge is 0.372 e. The molecule has 6 nitrogen and oxygen atoms in total. The minimum Gasteiger partial charge on any atom is -0.372 e. The molecular formula is C18H22N4O2. The van der Waals surface area contributed by atoms with Gasteiger partial charge in [0.05, 0.1) is 24.1 Å². The van der Waals surface area contributed by atoms with E-state index in [1.54, 1.807) is 18.6 Å². The lowest BCUT2D eigenvalue weighted by Crippen LogP contribution is -2.45. The summed E-state index contributed by atoms with van der Waals surface area (Å²) in [5.74, 6) is -0.234. The highest BCUT2D eigenvalue weighted by molar-refractivity contribution is 6.03. The van der Waals surface area contributed by atoms with Crippen LogP contribution in [0.15, 0.2) is 36.8 Å². The molecule has 1 saturated heterocycles. The third-order valence-corrected chi connectivity index (χ3v) is 4.05. The standard InChI is InChI=1S/C18H22N4O2/c1-12-4-6-19-9-17(12)21-18(23)16-8-15(5-7-20-16)22-10-13(2)24-14(3)11-22/h4-9,13-14H,10-11H2,1-3H3,(H,21,23). The number of amides is 1. The molecule has 0 radical (unpaired) electrons. The highest BCUT2D eigenvalue weighted by Gasteiger charge is 2.23. The summed E-state index contributed by atoms with van der Waals surface area (Å²) in [6.45, 7) is 7.65. The Morgan fingerprint density at radius 3 is 2.71 bits per heavy atom. The molecule has 24 heavy (non-hydrogen) atoms. The molecule has 1 N–H and O–H groups in total.